The average Bonchev–Trinajstić information content (AvgIpc) is 2.52. The van der Waals surface area contributed by atoms with Crippen molar-refractivity contribution in [3.8, 4) is 23.5 Å². The first-order valence-electron chi connectivity index (χ1n) is 7.30. The third-order valence-electron chi connectivity index (χ3n) is 2.20. The van der Waals surface area contributed by atoms with Gasteiger partial charge < -0.3 is 29.2 Å². The minimum absolute atomic E-state index is 0.0232. The molecule has 2 N–H and O–H groups in total. The Balaban J connectivity index is 3.47. The van der Waals surface area contributed by atoms with Crippen LogP contribution in [0.25, 0.3) is 0 Å². The van der Waals surface area contributed by atoms with Crippen LogP contribution in [0.4, 0.5) is 0 Å². The van der Waals surface area contributed by atoms with E-state index in [1.165, 1.54) is 0 Å². The summed E-state index contributed by atoms with van der Waals surface area (Å²) in [5.74, 6) is 11.7. The van der Waals surface area contributed by atoms with E-state index in [-0.39, 0.29) is 19.9 Å². The highest BCUT2D eigenvalue weighted by molar-refractivity contribution is 6.74. The lowest BCUT2D eigenvalue weighted by atomic mass is 9.54. The first kappa shape index (κ1) is 20.9. The normalized spacial score (nSPS) is 9.59. The predicted octanol–water partition coefficient (Wildman–Crippen LogP) is -0.753. The molecule has 22 heavy (non-hydrogen) atoms. The van der Waals surface area contributed by atoms with Gasteiger partial charge in [-0.15, -0.1) is 11.6 Å². The number of aliphatic hydroxyl groups excluding tert-OH is 2. The standard InChI is InChI=1S/C15H25BO6/c1-16(4-2-8-19-12-14-21-10-6-17)5-3-9-20-13-15-22-11-7-18/h17-18H,6-15H2,1H3. The zero-order valence-corrected chi connectivity index (χ0v) is 13.2. The molecule has 0 spiro atoms. The molecule has 0 unspecified atom stereocenters. The Morgan fingerprint density at radius 2 is 1.09 bits per heavy atom. The van der Waals surface area contributed by atoms with Crippen molar-refractivity contribution in [1.29, 1.82) is 0 Å². The number of hydrogen-bond donors (Lipinski definition) is 2. The second-order valence-electron chi connectivity index (χ2n) is 4.14. The summed E-state index contributed by atoms with van der Waals surface area (Å²) >= 11 is 0. The van der Waals surface area contributed by atoms with Crippen LogP contribution >= 0.6 is 0 Å². The molecule has 6 nitrogen and oxygen atoms in total. The Morgan fingerprint density at radius 1 is 0.682 bits per heavy atom. The Morgan fingerprint density at radius 3 is 1.50 bits per heavy atom. The minimum atomic E-state index is -0.0384. The molecule has 0 aromatic heterocycles. The number of ether oxygens (including phenoxy) is 4. The fourth-order valence-electron chi connectivity index (χ4n) is 1.24. The van der Waals surface area contributed by atoms with Gasteiger partial charge in [0.15, 0.2) is 0 Å². The summed E-state index contributed by atoms with van der Waals surface area (Å²) in [5, 5.41) is 17.0. The van der Waals surface area contributed by atoms with Gasteiger partial charge in [0.05, 0.1) is 52.9 Å². The number of rotatable bonds is 12. The summed E-state index contributed by atoms with van der Waals surface area (Å²) in [5.41, 5.74) is 0. The third-order valence-corrected chi connectivity index (χ3v) is 2.20. The zero-order chi connectivity index (χ0) is 16.3. The fraction of sp³-hybridized carbons (Fsp3) is 0.733. The first-order valence-corrected chi connectivity index (χ1v) is 7.30. The van der Waals surface area contributed by atoms with Crippen molar-refractivity contribution in [3.63, 3.8) is 0 Å². The Labute approximate surface area is 133 Å². The molecule has 124 valence electrons. The van der Waals surface area contributed by atoms with E-state index < -0.39 is 0 Å². The third kappa shape index (κ3) is 17.0. The molecule has 0 fully saturated rings. The monoisotopic (exact) mass is 312 g/mol. The highest BCUT2D eigenvalue weighted by Gasteiger charge is 1.95. The predicted molar refractivity (Wildman–Crippen MR) is 84.6 cm³/mol. The summed E-state index contributed by atoms with van der Waals surface area (Å²) < 4.78 is 20.5. The van der Waals surface area contributed by atoms with Crippen molar-refractivity contribution in [3.05, 3.63) is 0 Å². The zero-order valence-electron chi connectivity index (χ0n) is 13.2. The molecule has 0 atom stereocenters. The van der Waals surface area contributed by atoms with Gasteiger partial charge >= 0.3 is 6.71 Å². The molecule has 0 aliphatic carbocycles. The van der Waals surface area contributed by atoms with E-state index in [0.717, 1.165) is 0 Å². The van der Waals surface area contributed by atoms with E-state index in [9.17, 15) is 0 Å². The molecule has 0 rings (SSSR count). The van der Waals surface area contributed by atoms with Gasteiger partial charge in [0.1, 0.15) is 13.2 Å². The van der Waals surface area contributed by atoms with Crippen LogP contribution in [0.1, 0.15) is 0 Å². The maximum absolute atomic E-state index is 8.50. The van der Waals surface area contributed by atoms with Gasteiger partial charge in [-0.05, 0) is 0 Å². The fourth-order valence-corrected chi connectivity index (χ4v) is 1.24. The van der Waals surface area contributed by atoms with Crippen LogP contribution in [-0.4, -0.2) is 83.0 Å². The van der Waals surface area contributed by atoms with Crippen LogP contribution in [-0.2, 0) is 18.9 Å². The van der Waals surface area contributed by atoms with E-state index in [4.69, 9.17) is 29.2 Å². The average molecular weight is 312 g/mol. The van der Waals surface area contributed by atoms with Gasteiger partial charge in [-0.1, -0.05) is 18.7 Å². The van der Waals surface area contributed by atoms with Gasteiger partial charge in [0.2, 0.25) is 0 Å². The second kappa shape index (κ2) is 18.0. The lowest BCUT2D eigenvalue weighted by Gasteiger charge is -2.01. The molecule has 0 aliphatic rings. The molecule has 0 saturated heterocycles. The largest absolute Gasteiger partial charge is 0.394 e. The Kier molecular flexibility index (Phi) is 17.1. The van der Waals surface area contributed by atoms with Gasteiger partial charge in [-0.2, -0.15) is 0 Å². The lowest BCUT2D eigenvalue weighted by Crippen LogP contribution is -2.08. The molecule has 0 aromatic rings. The van der Waals surface area contributed by atoms with Crippen molar-refractivity contribution >= 4 is 6.71 Å². The topological polar surface area (TPSA) is 77.4 Å². The second-order valence-corrected chi connectivity index (χ2v) is 4.14. The minimum Gasteiger partial charge on any atom is -0.394 e. The molecule has 0 radical (unpaired) electrons. The van der Waals surface area contributed by atoms with E-state index in [1.807, 2.05) is 6.82 Å². The van der Waals surface area contributed by atoms with Crippen LogP contribution in [0.3, 0.4) is 0 Å². The molecule has 0 bridgehead atoms. The SMILES string of the molecule is CB(C#CCOCCOCCO)C#CCOCCOCCO. The molecule has 0 aliphatic heterocycles. The number of aliphatic hydroxyl groups is 2. The van der Waals surface area contributed by atoms with Crippen molar-refractivity contribution in [2.24, 2.45) is 0 Å². The van der Waals surface area contributed by atoms with Crippen LogP contribution in [0, 0.1) is 23.5 Å². The molecular formula is C15H25BO6. The van der Waals surface area contributed by atoms with Gasteiger partial charge in [-0.25, -0.2) is 0 Å². The van der Waals surface area contributed by atoms with Crippen LogP contribution in [0.15, 0.2) is 0 Å². The molecule has 0 aromatic carbocycles. The van der Waals surface area contributed by atoms with Crippen LogP contribution < -0.4 is 0 Å². The summed E-state index contributed by atoms with van der Waals surface area (Å²) in [6, 6.07) is 0. The van der Waals surface area contributed by atoms with Crippen LogP contribution in [0.2, 0.25) is 6.82 Å². The molecule has 0 heterocycles. The maximum Gasteiger partial charge on any atom is 0.312 e. The van der Waals surface area contributed by atoms with Crippen molar-refractivity contribution in [2.75, 3.05) is 66.1 Å². The van der Waals surface area contributed by atoms with Crippen molar-refractivity contribution < 1.29 is 29.2 Å². The summed E-state index contributed by atoms with van der Waals surface area (Å²) in [6.07, 6.45) is 0. The first-order chi connectivity index (χ1) is 10.8. The smallest absolute Gasteiger partial charge is 0.312 e. The number of hydrogen-bond acceptors (Lipinski definition) is 6. The van der Waals surface area contributed by atoms with Gasteiger partial charge in [0.25, 0.3) is 0 Å². The van der Waals surface area contributed by atoms with Crippen molar-refractivity contribution in [2.45, 2.75) is 6.82 Å². The maximum atomic E-state index is 8.50. The molecule has 7 heteroatoms. The van der Waals surface area contributed by atoms with Gasteiger partial charge in [-0.3, -0.25) is 0 Å². The Bertz CT molecular complexity index is 321. The lowest BCUT2D eigenvalue weighted by molar-refractivity contribution is 0.0424. The summed E-state index contributed by atoms with van der Waals surface area (Å²) in [4.78, 5) is 0. The van der Waals surface area contributed by atoms with E-state index in [1.54, 1.807) is 0 Å². The summed E-state index contributed by atoms with van der Waals surface area (Å²) in [7, 11) is 0. The summed E-state index contributed by atoms with van der Waals surface area (Å²) in [6.45, 7) is 5.09. The van der Waals surface area contributed by atoms with E-state index >= 15 is 0 Å². The van der Waals surface area contributed by atoms with Gasteiger partial charge in [0, 0.05) is 0 Å². The van der Waals surface area contributed by atoms with Crippen molar-refractivity contribution in [1.82, 2.24) is 0 Å². The van der Waals surface area contributed by atoms with E-state index in [0.29, 0.717) is 52.9 Å². The van der Waals surface area contributed by atoms with E-state index in [2.05, 4.69) is 23.5 Å². The quantitative estimate of drug-likeness (QED) is 0.280. The molecule has 0 saturated carbocycles. The highest BCUT2D eigenvalue weighted by Crippen LogP contribution is 1.81. The molecule has 0 amide bonds. The highest BCUT2D eigenvalue weighted by atomic mass is 16.5. The van der Waals surface area contributed by atoms with Crippen LogP contribution in [0.5, 0.6) is 0 Å². The molecular weight excluding hydrogens is 287 g/mol. The Hall–Kier alpha value is -1.06.